The molecule has 2 atom stereocenters. The van der Waals surface area contributed by atoms with E-state index in [0.29, 0.717) is 12.8 Å². The van der Waals surface area contributed by atoms with Crippen LogP contribution in [0.1, 0.15) is 175 Å². The highest BCUT2D eigenvalue weighted by Crippen LogP contribution is 2.14. The van der Waals surface area contributed by atoms with E-state index in [2.05, 4.69) is 13.8 Å². The SMILES string of the molecule is CCCCCCCCCCCCCC(=O)OC(C)C(N)OC(=O)CCCCCCCCCCCCC. The quantitative estimate of drug-likeness (QED) is 0.0675. The molecule has 5 heteroatoms. The zero-order valence-electron chi connectivity index (χ0n) is 24.3. The first-order valence-electron chi connectivity index (χ1n) is 15.7. The van der Waals surface area contributed by atoms with Crippen LogP contribution in [-0.2, 0) is 19.1 Å². The van der Waals surface area contributed by atoms with Gasteiger partial charge >= 0.3 is 11.9 Å². The molecule has 0 aliphatic rings. The molecule has 0 aromatic heterocycles. The van der Waals surface area contributed by atoms with Crippen molar-refractivity contribution >= 4 is 11.9 Å². The van der Waals surface area contributed by atoms with Crippen LogP contribution in [0.2, 0.25) is 0 Å². The lowest BCUT2D eigenvalue weighted by atomic mass is 10.1. The fourth-order valence-corrected chi connectivity index (χ4v) is 4.51. The minimum absolute atomic E-state index is 0.254. The molecule has 0 heterocycles. The smallest absolute Gasteiger partial charge is 0.307 e. The van der Waals surface area contributed by atoms with Crippen LogP contribution < -0.4 is 5.73 Å². The van der Waals surface area contributed by atoms with Crippen molar-refractivity contribution in [3.05, 3.63) is 0 Å². The monoisotopic (exact) mass is 511 g/mol. The van der Waals surface area contributed by atoms with Gasteiger partial charge < -0.3 is 9.47 Å². The lowest BCUT2D eigenvalue weighted by molar-refractivity contribution is -0.166. The topological polar surface area (TPSA) is 78.6 Å². The molecule has 0 fully saturated rings. The third-order valence-corrected chi connectivity index (χ3v) is 7.02. The molecule has 5 nitrogen and oxygen atoms in total. The first kappa shape index (κ1) is 34.9. The molecule has 214 valence electrons. The van der Waals surface area contributed by atoms with Gasteiger partial charge in [-0.2, -0.15) is 0 Å². The second-order valence-electron chi connectivity index (χ2n) is 10.7. The molecule has 0 saturated heterocycles. The number of hydrogen-bond donors (Lipinski definition) is 1. The Morgan fingerprint density at radius 2 is 0.778 bits per heavy atom. The fourth-order valence-electron chi connectivity index (χ4n) is 4.51. The van der Waals surface area contributed by atoms with Crippen molar-refractivity contribution in [1.29, 1.82) is 0 Å². The van der Waals surface area contributed by atoms with Gasteiger partial charge in [0.15, 0.2) is 6.23 Å². The van der Waals surface area contributed by atoms with Gasteiger partial charge in [-0.15, -0.1) is 0 Å². The Hall–Kier alpha value is -1.10. The Balaban J connectivity index is 3.59. The van der Waals surface area contributed by atoms with Gasteiger partial charge in [-0.25, -0.2) is 0 Å². The summed E-state index contributed by atoms with van der Waals surface area (Å²) in [5.74, 6) is -0.554. The maximum Gasteiger partial charge on any atom is 0.307 e. The standard InChI is InChI=1S/C31H61NO4/c1-4-6-8-10-12-14-16-18-20-22-24-26-29(33)35-28(3)31(32)36-30(34)27-25-23-21-19-17-15-13-11-9-7-5-2/h28,31H,4-27,32H2,1-3H3. The molecule has 0 aliphatic heterocycles. The Bertz CT molecular complexity index is 453. The molecular formula is C31H61NO4. The molecule has 0 spiro atoms. The van der Waals surface area contributed by atoms with Crippen LogP contribution in [0.4, 0.5) is 0 Å². The van der Waals surface area contributed by atoms with Crippen LogP contribution in [-0.4, -0.2) is 24.3 Å². The predicted molar refractivity (Wildman–Crippen MR) is 152 cm³/mol. The molecule has 2 N–H and O–H groups in total. The van der Waals surface area contributed by atoms with Crippen molar-refractivity contribution < 1.29 is 19.1 Å². The summed E-state index contributed by atoms with van der Waals surface area (Å²) < 4.78 is 10.7. The van der Waals surface area contributed by atoms with Gasteiger partial charge in [-0.3, -0.25) is 15.3 Å². The normalized spacial score (nSPS) is 12.9. The first-order chi connectivity index (χ1) is 17.5. The summed E-state index contributed by atoms with van der Waals surface area (Å²) in [6.07, 6.45) is 26.7. The van der Waals surface area contributed by atoms with Crippen LogP contribution in [0, 0.1) is 0 Å². The van der Waals surface area contributed by atoms with Crippen molar-refractivity contribution in [2.45, 2.75) is 187 Å². The number of hydrogen-bond acceptors (Lipinski definition) is 5. The third-order valence-electron chi connectivity index (χ3n) is 7.02. The highest BCUT2D eigenvalue weighted by molar-refractivity contribution is 5.70. The summed E-state index contributed by atoms with van der Waals surface area (Å²) in [5.41, 5.74) is 5.94. The number of carbonyl (C=O) groups excluding carboxylic acids is 2. The van der Waals surface area contributed by atoms with Crippen LogP contribution in [0.15, 0.2) is 0 Å². The first-order valence-corrected chi connectivity index (χ1v) is 15.7. The van der Waals surface area contributed by atoms with E-state index < -0.39 is 12.3 Å². The Labute approximate surface area is 224 Å². The van der Waals surface area contributed by atoms with Crippen molar-refractivity contribution in [2.24, 2.45) is 5.73 Å². The molecule has 0 bridgehead atoms. The van der Waals surface area contributed by atoms with Crippen molar-refractivity contribution in [3.8, 4) is 0 Å². The number of carbonyl (C=O) groups is 2. The summed E-state index contributed by atoms with van der Waals surface area (Å²) in [5, 5.41) is 0. The minimum Gasteiger partial charge on any atom is -0.457 e. The highest BCUT2D eigenvalue weighted by Gasteiger charge is 2.20. The maximum absolute atomic E-state index is 12.1. The fraction of sp³-hybridized carbons (Fsp3) is 0.935. The highest BCUT2D eigenvalue weighted by atomic mass is 16.6. The van der Waals surface area contributed by atoms with Crippen LogP contribution in [0.5, 0.6) is 0 Å². The van der Waals surface area contributed by atoms with Gasteiger partial charge in [0, 0.05) is 12.8 Å². The summed E-state index contributed by atoms with van der Waals surface area (Å²) in [6, 6.07) is 0. The van der Waals surface area contributed by atoms with E-state index in [1.54, 1.807) is 6.92 Å². The van der Waals surface area contributed by atoms with E-state index in [0.717, 1.165) is 25.7 Å². The van der Waals surface area contributed by atoms with Gasteiger partial charge in [0.2, 0.25) is 0 Å². The average Bonchev–Trinajstić information content (AvgIpc) is 2.85. The summed E-state index contributed by atoms with van der Waals surface area (Å²) in [7, 11) is 0. The second kappa shape index (κ2) is 26.9. The molecular weight excluding hydrogens is 450 g/mol. The van der Waals surface area contributed by atoms with E-state index in [-0.39, 0.29) is 11.9 Å². The van der Waals surface area contributed by atoms with Gasteiger partial charge in [0.05, 0.1) is 0 Å². The van der Waals surface area contributed by atoms with Gasteiger partial charge in [0.1, 0.15) is 6.10 Å². The summed E-state index contributed by atoms with van der Waals surface area (Å²) in [6.45, 7) is 6.19. The number of ether oxygens (including phenoxy) is 2. The van der Waals surface area contributed by atoms with Crippen molar-refractivity contribution in [3.63, 3.8) is 0 Å². The number of nitrogens with two attached hydrogens (primary N) is 1. The largest absolute Gasteiger partial charge is 0.457 e. The summed E-state index contributed by atoms with van der Waals surface area (Å²) >= 11 is 0. The number of unbranched alkanes of at least 4 members (excludes halogenated alkanes) is 20. The number of rotatable bonds is 27. The molecule has 0 radical (unpaired) electrons. The summed E-state index contributed by atoms with van der Waals surface area (Å²) in [4.78, 5) is 24.1. The zero-order valence-corrected chi connectivity index (χ0v) is 24.3. The van der Waals surface area contributed by atoms with Crippen LogP contribution in [0.25, 0.3) is 0 Å². The van der Waals surface area contributed by atoms with Crippen molar-refractivity contribution in [2.75, 3.05) is 0 Å². The molecule has 0 amide bonds. The molecule has 0 saturated carbocycles. The van der Waals surface area contributed by atoms with E-state index in [1.807, 2.05) is 0 Å². The molecule has 0 aliphatic carbocycles. The molecule has 0 aromatic carbocycles. The van der Waals surface area contributed by atoms with Gasteiger partial charge in [-0.1, -0.05) is 142 Å². The van der Waals surface area contributed by atoms with E-state index >= 15 is 0 Å². The van der Waals surface area contributed by atoms with Crippen molar-refractivity contribution in [1.82, 2.24) is 0 Å². The Kier molecular flexibility index (Phi) is 26.1. The lowest BCUT2D eigenvalue weighted by Gasteiger charge is -2.20. The van der Waals surface area contributed by atoms with Crippen LogP contribution in [0.3, 0.4) is 0 Å². The Morgan fingerprint density at radius 3 is 1.11 bits per heavy atom. The van der Waals surface area contributed by atoms with E-state index in [1.165, 1.54) is 116 Å². The maximum atomic E-state index is 12.1. The zero-order chi connectivity index (χ0) is 26.7. The van der Waals surface area contributed by atoms with Gasteiger partial charge in [-0.05, 0) is 19.8 Å². The molecule has 2 unspecified atom stereocenters. The second-order valence-corrected chi connectivity index (χ2v) is 10.7. The molecule has 36 heavy (non-hydrogen) atoms. The average molecular weight is 512 g/mol. The van der Waals surface area contributed by atoms with E-state index in [9.17, 15) is 9.59 Å². The molecule has 0 rings (SSSR count). The Morgan fingerprint density at radius 1 is 0.500 bits per heavy atom. The number of esters is 2. The third kappa shape index (κ3) is 24.6. The van der Waals surface area contributed by atoms with Crippen LogP contribution >= 0.6 is 0 Å². The van der Waals surface area contributed by atoms with E-state index in [4.69, 9.17) is 15.2 Å². The molecule has 0 aromatic rings. The van der Waals surface area contributed by atoms with Gasteiger partial charge in [0.25, 0.3) is 0 Å². The lowest BCUT2D eigenvalue weighted by Crippen LogP contribution is -2.40. The predicted octanol–water partition coefficient (Wildman–Crippen LogP) is 9.15. The minimum atomic E-state index is -0.897.